The Labute approximate surface area is 194 Å². The summed E-state index contributed by atoms with van der Waals surface area (Å²) in [7, 11) is 0. The molecule has 9 heteroatoms. The number of rotatable bonds is 8. The van der Waals surface area contributed by atoms with Gasteiger partial charge in [0.25, 0.3) is 5.56 Å². The number of aromatic nitrogens is 4. The molecule has 33 heavy (non-hydrogen) atoms. The van der Waals surface area contributed by atoms with Crippen LogP contribution in [0.4, 0.5) is 4.39 Å². The highest BCUT2D eigenvalue weighted by atomic mass is 32.1. The first-order valence-corrected chi connectivity index (χ1v) is 11.9. The SMILES string of the molecule is CCCCCNC(=O)Cc1csc2nc(C)c(-c3cc(C)n(-c4ccccc4F)n3)c(=O)n12. The summed E-state index contributed by atoms with van der Waals surface area (Å²) in [4.78, 5) is 31.0. The molecule has 0 aliphatic heterocycles. The molecular weight excluding hydrogens is 441 g/mol. The molecule has 3 heterocycles. The van der Waals surface area contributed by atoms with Crippen molar-refractivity contribution in [2.24, 2.45) is 0 Å². The number of thiazole rings is 1. The van der Waals surface area contributed by atoms with Gasteiger partial charge >= 0.3 is 0 Å². The van der Waals surface area contributed by atoms with Gasteiger partial charge in [0.15, 0.2) is 4.96 Å². The normalized spacial score (nSPS) is 11.3. The molecule has 0 unspecified atom stereocenters. The molecule has 172 valence electrons. The van der Waals surface area contributed by atoms with Crippen molar-refractivity contribution in [1.29, 1.82) is 0 Å². The zero-order chi connectivity index (χ0) is 23.5. The number of nitrogens with zero attached hydrogens (tertiary/aromatic N) is 4. The van der Waals surface area contributed by atoms with Crippen LogP contribution < -0.4 is 10.9 Å². The van der Waals surface area contributed by atoms with Crippen LogP contribution in [-0.2, 0) is 11.2 Å². The van der Waals surface area contributed by atoms with Crippen LogP contribution in [0.3, 0.4) is 0 Å². The highest BCUT2D eigenvalue weighted by molar-refractivity contribution is 7.15. The maximum atomic E-state index is 14.3. The molecule has 1 aromatic carbocycles. The molecule has 0 bridgehead atoms. The quantitative estimate of drug-likeness (QED) is 0.394. The Kier molecular flexibility index (Phi) is 6.69. The number of para-hydroxylation sites is 1. The van der Waals surface area contributed by atoms with Gasteiger partial charge < -0.3 is 5.32 Å². The molecule has 0 aliphatic carbocycles. The predicted molar refractivity (Wildman–Crippen MR) is 128 cm³/mol. The van der Waals surface area contributed by atoms with Crippen LogP contribution in [0.15, 0.2) is 40.5 Å². The average molecular weight is 468 g/mol. The number of hydrogen-bond donors (Lipinski definition) is 1. The first-order chi connectivity index (χ1) is 15.9. The fourth-order valence-electron chi connectivity index (χ4n) is 3.82. The minimum absolute atomic E-state index is 0.0961. The number of aryl methyl sites for hydroxylation is 2. The largest absolute Gasteiger partial charge is 0.356 e. The number of carbonyl (C=O) groups excluding carboxylic acids is 1. The Morgan fingerprint density at radius 2 is 2.00 bits per heavy atom. The van der Waals surface area contributed by atoms with E-state index in [9.17, 15) is 14.0 Å². The number of benzene rings is 1. The van der Waals surface area contributed by atoms with E-state index in [1.807, 2.05) is 0 Å². The zero-order valence-electron chi connectivity index (χ0n) is 18.9. The van der Waals surface area contributed by atoms with Crippen molar-refractivity contribution in [2.75, 3.05) is 6.54 Å². The van der Waals surface area contributed by atoms with E-state index in [2.05, 4.69) is 22.3 Å². The van der Waals surface area contributed by atoms with Gasteiger partial charge in [-0.05, 0) is 38.5 Å². The number of fused-ring (bicyclic) bond motifs is 1. The number of halogens is 1. The van der Waals surface area contributed by atoms with Crippen LogP contribution in [0.2, 0.25) is 0 Å². The van der Waals surface area contributed by atoms with Crippen molar-refractivity contribution >= 4 is 22.2 Å². The molecule has 0 saturated carbocycles. The third-order valence-electron chi connectivity index (χ3n) is 5.49. The van der Waals surface area contributed by atoms with E-state index in [1.165, 1.54) is 26.5 Å². The second-order valence-electron chi connectivity index (χ2n) is 7.99. The van der Waals surface area contributed by atoms with Crippen LogP contribution >= 0.6 is 11.3 Å². The lowest BCUT2D eigenvalue weighted by molar-refractivity contribution is -0.120. The lowest BCUT2D eigenvalue weighted by Crippen LogP contribution is -2.28. The van der Waals surface area contributed by atoms with Gasteiger partial charge in [-0.3, -0.25) is 14.0 Å². The van der Waals surface area contributed by atoms with Crippen LogP contribution in [0, 0.1) is 19.7 Å². The second kappa shape index (κ2) is 9.66. The number of amides is 1. The van der Waals surface area contributed by atoms with E-state index in [1.54, 1.807) is 43.5 Å². The minimum Gasteiger partial charge on any atom is -0.356 e. The Hall–Kier alpha value is -3.33. The van der Waals surface area contributed by atoms with Gasteiger partial charge in [0.1, 0.15) is 17.2 Å². The van der Waals surface area contributed by atoms with Gasteiger partial charge in [-0.2, -0.15) is 5.10 Å². The third kappa shape index (κ3) is 4.59. The molecule has 3 aromatic heterocycles. The maximum Gasteiger partial charge on any atom is 0.268 e. The van der Waals surface area contributed by atoms with Crippen molar-refractivity contribution in [3.63, 3.8) is 0 Å². The summed E-state index contributed by atoms with van der Waals surface area (Å²) >= 11 is 1.32. The molecule has 4 aromatic rings. The van der Waals surface area contributed by atoms with Crippen molar-refractivity contribution in [1.82, 2.24) is 24.5 Å². The smallest absolute Gasteiger partial charge is 0.268 e. The molecule has 0 spiro atoms. The van der Waals surface area contributed by atoms with Gasteiger partial charge in [0, 0.05) is 23.3 Å². The maximum absolute atomic E-state index is 14.3. The summed E-state index contributed by atoms with van der Waals surface area (Å²) in [6.07, 6.45) is 3.17. The highest BCUT2D eigenvalue weighted by Gasteiger charge is 2.20. The highest BCUT2D eigenvalue weighted by Crippen LogP contribution is 2.24. The average Bonchev–Trinajstić information content (AvgIpc) is 3.35. The second-order valence-corrected chi connectivity index (χ2v) is 8.83. The van der Waals surface area contributed by atoms with Gasteiger partial charge in [-0.25, -0.2) is 14.1 Å². The van der Waals surface area contributed by atoms with Crippen LogP contribution in [0.25, 0.3) is 21.9 Å². The lowest BCUT2D eigenvalue weighted by Gasteiger charge is -2.07. The monoisotopic (exact) mass is 467 g/mol. The zero-order valence-corrected chi connectivity index (χ0v) is 19.7. The van der Waals surface area contributed by atoms with Gasteiger partial charge in [-0.1, -0.05) is 31.9 Å². The van der Waals surface area contributed by atoms with Crippen molar-refractivity contribution in [3.8, 4) is 16.9 Å². The standard InChI is InChI=1S/C24H26FN5O2S/c1-4-5-8-11-26-21(31)13-17-14-33-24-27-16(3)22(23(32)29(17)24)19-12-15(2)30(28-19)20-10-7-6-9-18(20)25/h6-7,9-10,12,14H,4-5,8,11,13H2,1-3H3,(H,26,31). The Balaban J connectivity index is 1.71. The summed E-state index contributed by atoms with van der Waals surface area (Å²) in [5.74, 6) is -0.526. The molecule has 0 atom stereocenters. The molecule has 0 saturated heterocycles. The molecule has 0 fully saturated rings. The molecule has 4 rings (SSSR count). The topological polar surface area (TPSA) is 81.3 Å². The number of carbonyl (C=O) groups is 1. The molecule has 0 aliphatic rings. The van der Waals surface area contributed by atoms with E-state index in [0.717, 1.165) is 19.3 Å². The summed E-state index contributed by atoms with van der Waals surface area (Å²) < 4.78 is 17.3. The summed E-state index contributed by atoms with van der Waals surface area (Å²) in [5, 5.41) is 9.22. The van der Waals surface area contributed by atoms with Gasteiger partial charge in [0.05, 0.1) is 17.7 Å². The number of hydrogen-bond acceptors (Lipinski definition) is 5. The molecule has 1 amide bonds. The molecule has 0 radical (unpaired) electrons. The fourth-order valence-corrected chi connectivity index (χ4v) is 4.74. The van der Waals surface area contributed by atoms with E-state index in [4.69, 9.17) is 0 Å². The molecule has 1 N–H and O–H groups in total. The van der Waals surface area contributed by atoms with Crippen molar-refractivity contribution in [2.45, 2.75) is 46.5 Å². The van der Waals surface area contributed by atoms with Crippen LogP contribution in [0.1, 0.15) is 43.3 Å². The van der Waals surface area contributed by atoms with E-state index >= 15 is 0 Å². The van der Waals surface area contributed by atoms with Gasteiger partial charge in [-0.15, -0.1) is 11.3 Å². The van der Waals surface area contributed by atoms with E-state index in [-0.39, 0.29) is 17.9 Å². The number of nitrogens with one attached hydrogen (secondary N) is 1. The fraction of sp³-hybridized carbons (Fsp3) is 0.333. The van der Waals surface area contributed by atoms with Crippen LogP contribution in [0.5, 0.6) is 0 Å². The summed E-state index contributed by atoms with van der Waals surface area (Å²) in [6, 6.07) is 8.10. The Bertz CT molecular complexity index is 1370. The van der Waals surface area contributed by atoms with Crippen molar-refractivity contribution in [3.05, 3.63) is 69.0 Å². The van der Waals surface area contributed by atoms with Gasteiger partial charge in [0.2, 0.25) is 5.91 Å². The lowest BCUT2D eigenvalue weighted by atomic mass is 10.1. The molecule has 7 nitrogen and oxygen atoms in total. The summed E-state index contributed by atoms with van der Waals surface area (Å²) in [6.45, 7) is 6.30. The molecular formula is C24H26FN5O2S. The summed E-state index contributed by atoms with van der Waals surface area (Å²) in [5.41, 5.74) is 2.60. The first-order valence-electron chi connectivity index (χ1n) is 11.0. The predicted octanol–water partition coefficient (Wildman–Crippen LogP) is 4.21. The van der Waals surface area contributed by atoms with Crippen LogP contribution in [-0.4, -0.2) is 31.6 Å². The van der Waals surface area contributed by atoms with Crippen molar-refractivity contribution < 1.29 is 9.18 Å². The minimum atomic E-state index is -0.401. The van der Waals surface area contributed by atoms with E-state index < -0.39 is 5.82 Å². The Morgan fingerprint density at radius 1 is 1.21 bits per heavy atom. The number of unbranched alkanes of at least 4 members (excludes halogenated alkanes) is 2. The third-order valence-corrected chi connectivity index (χ3v) is 6.36. The van der Waals surface area contributed by atoms with E-state index in [0.29, 0.717) is 45.5 Å². The first kappa shape index (κ1) is 22.8. The Morgan fingerprint density at radius 3 is 2.76 bits per heavy atom.